The maximum atomic E-state index is 13.8. The molecular formula is C29H20BrF5N6O. The van der Waals surface area contributed by atoms with Crippen LogP contribution in [0.3, 0.4) is 0 Å². The molecule has 0 saturated heterocycles. The first kappa shape index (κ1) is 27.8. The number of hydrogen-bond acceptors (Lipinski definition) is 5. The standard InChI is InChI=1S/C29H20BrF5N6O/c30-18-11-12-19-20(15-18)41(14-13-27(31,32)29(33,34)35)40-22(19)25-37-23(36)21-24(38-25)39-26(42)28(21,16-7-3-1-4-8-16)17-9-5-2-6-10-17/h1-12,15H,13-14H2,(H3,36,37,38,39,42). The van der Waals surface area contributed by atoms with E-state index in [2.05, 4.69) is 36.3 Å². The Morgan fingerprint density at radius 1 is 0.905 bits per heavy atom. The van der Waals surface area contributed by atoms with Gasteiger partial charge in [0.15, 0.2) is 5.82 Å². The van der Waals surface area contributed by atoms with E-state index in [1.54, 1.807) is 66.7 Å². The highest BCUT2D eigenvalue weighted by Gasteiger charge is 2.57. The van der Waals surface area contributed by atoms with Crippen molar-refractivity contribution in [1.29, 1.82) is 0 Å². The van der Waals surface area contributed by atoms with Crippen LogP contribution in [0.5, 0.6) is 0 Å². The van der Waals surface area contributed by atoms with Crippen LogP contribution in [0.2, 0.25) is 0 Å². The second-order valence-electron chi connectivity index (χ2n) is 9.78. The lowest BCUT2D eigenvalue weighted by Gasteiger charge is -2.29. The number of hydrogen-bond donors (Lipinski definition) is 2. The lowest BCUT2D eigenvalue weighted by molar-refractivity contribution is -0.285. The molecule has 0 bridgehead atoms. The van der Waals surface area contributed by atoms with Gasteiger partial charge in [0.05, 0.1) is 11.1 Å². The van der Waals surface area contributed by atoms with E-state index in [1.807, 2.05) is 12.1 Å². The summed E-state index contributed by atoms with van der Waals surface area (Å²) < 4.78 is 67.7. The van der Waals surface area contributed by atoms with Gasteiger partial charge in [-0.2, -0.15) is 27.1 Å². The number of halogens is 6. The van der Waals surface area contributed by atoms with Crippen LogP contribution in [-0.4, -0.2) is 37.8 Å². The van der Waals surface area contributed by atoms with Gasteiger partial charge in [0.2, 0.25) is 5.91 Å². The highest BCUT2D eigenvalue weighted by Crippen LogP contribution is 2.49. The third kappa shape index (κ3) is 4.30. The van der Waals surface area contributed by atoms with Gasteiger partial charge in [-0.1, -0.05) is 76.6 Å². The van der Waals surface area contributed by atoms with E-state index in [-0.39, 0.29) is 28.7 Å². The molecule has 0 spiro atoms. The van der Waals surface area contributed by atoms with E-state index in [0.29, 0.717) is 26.5 Å². The van der Waals surface area contributed by atoms with Gasteiger partial charge in [-0.3, -0.25) is 9.48 Å². The Hall–Kier alpha value is -4.39. The van der Waals surface area contributed by atoms with E-state index in [1.165, 1.54) is 0 Å². The molecule has 3 N–H and O–H groups in total. The van der Waals surface area contributed by atoms with Crippen LogP contribution in [0, 0.1) is 0 Å². The summed E-state index contributed by atoms with van der Waals surface area (Å²) in [5.41, 5.74) is 7.19. The molecule has 0 unspecified atom stereocenters. The Bertz CT molecular complexity index is 1790. The van der Waals surface area contributed by atoms with Crippen LogP contribution in [0.25, 0.3) is 22.4 Å². The molecule has 0 saturated carbocycles. The summed E-state index contributed by atoms with van der Waals surface area (Å²) in [6, 6.07) is 22.9. The van der Waals surface area contributed by atoms with Crippen molar-refractivity contribution in [2.24, 2.45) is 0 Å². The first-order chi connectivity index (χ1) is 19.9. The summed E-state index contributed by atoms with van der Waals surface area (Å²) in [6.07, 6.45) is -7.21. The normalized spacial score (nSPS) is 14.7. The summed E-state index contributed by atoms with van der Waals surface area (Å²) in [6.45, 7) is -0.734. The Labute approximate surface area is 243 Å². The molecular weight excluding hydrogens is 623 g/mol. The quantitative estimate of drug-likeness (QED) is 0.201. The smallest absolute Gasteiger partial charge is 0.383 e. The van der Waals surface area contributed by atoms with Gasteiger partial charge in [0, 0.05) is 22.8 Å². The molecule has 1 amide bonds. The highest BCUT2D eigenvalue weighted by atomic mass is 79.9. The molecule has 6 rings (SSSR count). The number of aryl methyl sites for hydroxylation is 1. The number of nitrogens with one attached hydrogen (secondary N) is 1. The van der Waals surface area contributed by atoms with E-state index in [0.717, 1.165) is 4.68 Å². The molecule has 0 fully saturated rings. The van der Waals surface area contributed by atoms with Crippen LogP contribution in [0.4, 0.5) is 33.6 Å². The Balaban J connectivity index is 1.51. The van der Waals surface area contributed by atoms with Crippen LogP contribution < -0.4 is 11.1 Å². The second-order valence-corrected chi connectivity index (χ2v) is 10.7. The molecule has 42 heavy (non-hydrogen) atoms. The maximum Gasteiger partial charge on any atom is 0.453 e. The highest BCUT2D eigenvalue weighted by molar-refractivity contribution is 9.10. The van der Waals surface area contributed by atoms with Crippen molar-refractivity contribution in [3.8, 4) is 11.5 Å². The van der Waals surface area contributed by atoms with Crippen molar-refractivity contribution in [3.05, 3.63) is 100 Å². The minimum Gasteiger partial charge on any atom is -0.383 e. The van der Waals surface area contributed by atoms with Gasteiger partial charge < -0.3 is 11.1 Å². The molecule has 7 nitrogen and oxygen atoms in total. The third-order valence-electron chi connectivity index (χ3n) is 7.28. The molecule has 3 heterocycles. The molecule has 2 aromatic heterocycles. The Kier molecular flexibility index (Phi) is 6.52. The van der Waals surface area contributed by atoms with Gasteiger partial charge in [-0.05, 0) is 29.3 Å². The van der Waals surface area contributed by atoms with E-state index in [9.17, 15) is 26.7 Å². The van der Waals surface area contributed by atoms with Crippen LogP contribution >= 0.6 is 15.9 Å². The molecule has 3 aromatic carbocycles. The van der Waals surface area contributed by atoms with Crippen LogP contribution in [0.1, 0.15) is 23.1 Å². The number of nitrogen functional groups attached to an aromatic ring is 1. The largest absolute Gasteiger partial charge is 0.453 e. The lowest BCUT2D eigenvalue weighted by Crippen LogP contribution is -2.37. The molecule has 214 valence electrons. The summed E-state index contributed by atoms with van der Waals surface area (Å²) in [5, 5.41) is 7.55. The maximum absolute atomic E-state index is 13.8. The number of nitrogens with zero attached hydrogens (tertiary/aromatic N) is 4. The number of rotatable bonds is 6. The van der Waals surface area contributed by atoms with Crippen LogP contribution in [-0.2, 0) is 16.8 Å². The monoisotopic (exact) mass is 642 g/mol. The van der Waals surface area contributed by atoms with Crippen molar-refractivity contribution in [1.82, 2.24) is 19.7 Å². The first-order valence-electron chi connectivity index (χ1n) is 12.6. The van der Waals surface area contributed by atoms with Gasteiger partial charge in [0.25, 0.3) is 0 Å². The number of carbonyl (C=O) groups excluding carboxylic acids is 1. The average molecular weight is 643 g/mol. The van der Waals surface area contributed by atoms with Crippen molar-refractivity contribution in [3.63, 3.8) is 0 Å². The minimum absolute atomic E-state index is 0.0236. The minimum atomic E-state index is -5.70. The van der Waals surface area contributed by atoms with E-state index in [4.69, 9.17) is 5.73 Å². The van der Waals surface area contributed by atoms with Crippen molar-refractivity contribution >= 4 is 44.4 Å². The fraction of sp³-hybridized carbons (Fsp3) is 0.172. The number of anilines is 2. The number of benzene rings is 3. The molecule has 0 atom stereocenters. The van der Waals surface area contributed by atoms with Crippen molar-refractivity contribution in [2.45, 2.75) is 30.5 Å². The summed E-state index contributed by atoms with van der Waals surface area (Å²) in [7, 11) is 0. The average Bonchev–Trinajstić information content (AvgIpc) is 3.47. The number of aromatic nitrogens is 4. The van der Waals surface area contributed by atoms with Gasteiger partial charge in [-0.15, -0.1) is 0 Å². The summed E-state index contributed by atoms with van der Waals surface area (Å²) in [4.78, 5) is 22.9. The Morgan fingerprint density at radius 3 is 2.12 bits per heavy atom. The van der Waals surface area contributed by atoms with Gasteiger partial charge in [0.1, 0.15) is 22.7 Å². The van der Waals surface area contributed by atoms with E-state index < -0.39 is 36.4 Å². The topological polar surface area (TPSA) is 98.7 Å². The number of alkyl halides is 5. The number of fused-ring (bicyclic) bond motifs is 2. The molecule has 1 aliphatic heterocycles. The zero-order chi connectivity index (χ0) is 29.9. The molecule has 1 aliphatic rings. The summed E-state index contributed by atoms with van der Waals surface area (Å²) in [5.74, 6) is -5.23. The molecule has 5 aromatic rings. The zero-order valence-corrected chi connectivity index (χ0v) is 23.0. The summed E-state index contributed by atoms with van der Waals surface area (Å²) >= 11 is 3.30. The second kappa shape index (κ2) is 9.86. The Morgan fingerprint density at radius 2 is 1.52 bits per heavy atom. The van der Waals surface area contributed by atoms with Gasteiger partial charge in [-0.25, -0.2) is 9.97 Å². The lowest BCUT2D eigenvalue weighted by atomic mass is 9.70. The number of amides is 1. The van der Waals surface area contributed by atoms with Crippen molar-refractivity contribution in [2.75, 3.05) is 11.1 Å². The fourth-order valence-corrected chi connectivity index (χ4v) is 5.67. The fourth-order valence-electron chi connectivity index (χ4n) is 5.32. The predicted molar refractivity (Wildman–Crippen MR) is 150 cm³/mol. The van der Waals surface area contributed by atoms with Crippen molar-refractivity contribution < 1.29 is 26.7 Å². The zero-order valence-electron chi connectivity index (χ0n) is 21.5. The SMILES string of the molecule is Nc1nc(-c2nn(CCC(F)(F)C(F)(F)F)c3cc(Br)ccc23)nc2c1C(c1ccccc1)(c1ccccc1)C(=O)N2. The predicted octanol–water partition coefficient (Wildman–Crippen LogP) is 6.71. The van der Waals surface area contributed by atoms with E-state index >= 15 is 0 Å². The first-order valence-corrected chi connectivity index (χ1v) is 13.4. The molecule has 0 aliphatic carbocycles. The molecule has 13 heteroatoms. The van der Waals surface area contributed by atoms with Crippen LogP contribution in [0.15, 0.2) is 83.3 Å². The number of carbonyl (C=O) groups is 1. The van der Waals surface area contributed by atoms with Gasteiger partial charge >= 0.3 is 12.1 Å². The third-order valence-corrected chi connectivity index (χ3v) is 7.77. The number of nitrogens with two attached hydrogens (primary N) is 1. The molecule has 0 radical (unpaired) electrons.